The Morgan fingerprint density at radius 3 is 2.56 bits per heavy atom. The summed E-state index contributed by atoms with van der Waals surface area (Å²) >= 11 is 1.44. The second-order valence-electron chi connectivity index (χ2n) is 5.81. The average molecular weight is 408 g/mol. The number of fused-ring (bicyclic) bond motifs is 1. The van der Waals surface area contributed by atoms with Gasteiger partial charge < -0.3 is 5.32 Å². The summed E-state index contributed by atoms with van der Waals surface area (Å²) in [6.07, 6.45) is 0. The first-order valence-corrected chi connectivity index (χ1v) is 10.7. The van der Waals surface area contributed by atoms with Crippen molar-refractivity contribution in [2.24, 2.45) is 0 Å². The Balaban J connectivity index is 1.48. The van der Waals surface area contributed by atoms with Gasteiger partial charge >= 0.3 is 0 Å². The van der Waals surface area contributed by atoms with E-state index in [2.05, 4.69) is 5.32 Å². The minimum atomic E-state index is -3.99. The largest absolute Gasteiger partial charge is 0.354 e. The zero-order valence-corrected chi connectivity index (χ0v) is 15.9. The fourth-order valence-electron chi connectivity index (χ4n) is 2.63. The molecule has 2 aromatic rings. The van der Waals surface area contributed by atoms with Gasteiger partial charge in [0.2, 0.25) is 5.91 Å². The van der Waals surface area contributed by atoms with Crippen LogP contribution in [0.1, 0.15) is 15.9 Å². The van der Waals surface area contributed by atoms with Crippen molar-refractivity contribution in [3.05, 3.63) is 65.5 Å². The number of halogens is 1. The third-order valence-corrected chi connectivity index (χ3v) is 6.78. The maximum absolute atomic E-state index is 13.5. The molecule has 0 aromatic heterocycles. The van der Waals surface area contributed by atoms with E-state index in [0.29, 0.717) is 21.4 Å². The Labute approximate surface area is 160 Å². The molecule has 2 amide bonds. The summed E-state index contributed by atoms with van der Waals surface area (Å²) in [5.74, 6) is -0.537. The quantitative estimate of drug-likeness (QED) is 0.709. The van der Waals surface area contributed by atoms with Gasteiger partial charge in [-0.25, -0.2) is 17.1 Å². The standard InChI is InChI=1S/C18H17FN2O4S2/c19-15-7-3-1-5-13(15)12-26-10-9-20-17(22)11-21-18(23)14-6-2-4-8-16(14)27(21,24)25/h1-8H,9-12H2,(H,20,22). The van der Waals surface area contributed by atoms with Crippen molar-refractivity contribution in [1.82, 2.24) is 9.62 Å². The van der Waals surface area contributed by atoms with Crippen molar-refractivity contribution < 1.29 is 22.4 Å². The summed E-state index contributed by atoms with van der Waals surface area (Å²) in [6, 6.07) is 12.3. The van der Waals surface area contributed by atoms with Gasteiger partial charge in [-0.2, -0.15) is 11.8 Å². The predicted octanol–water partition coefficient (Wildman–Crippen LogP) is 2.02. The van der Waals surface area contributed by atoms with Gasteiger partial charge in [-0.1, -0.05) is 30.3 Å². The summed E-state index contributed by atoms with van der Waals surface area (Å²) in [5, 5.41) is 2.58. The monoisotopic (exact) mass is 408 g/mol. The van der Waals surface area contributed by atoms with Crippen LogP contribution >= 0.6 is 11.8 Å². The molecule has 0 saturated heterocycles. The van der Waals surface area contributed by atoms with E-state index in [1.807, 2.05) is 0 Å². The molecular weight excluding hydrogens is 391 g/mol. The number of carbonyl (C=O) groups excluding carboxylic acids is 2. The highest BCUT2D eigenvalue weighted by atomic mass is 32.2. The maximum Gasteiger partial charge on any atom is 0.269 e. The van der Waals surface area contributed by atoms with Crippen LogP contribution in [-0.2, 0) is 20.6 Å². The molecule has 0 bridgehead atoms. The molecule has 3 rings (SSSR count). The number of sulfonamides is 1. The molecule has 142 valence electrons. The van der Waals surface area contributed by atoms with Crippen LogP contribution in [0.25, 0.3) is 0 Å². The molecule has 1 aliphatic heterocycles. The average Bonchev–Trinajstić information content (AvgIpc) is 2.84. The zero-order chi connectivity index (χ0) is 19.4. The second-order valence-corrected chi connectivity index (χ2v) is 8.74. The van der Waals surface area contributed by atoms with Crippen LogP contribution in [-0.4, -0.2) is 43.4 Å². The molecule has 0 aliphatic carbocycles. The Hall–Kier alpha value is -2.39. The van der Waals surface area contributed by atoms with E-state index in [0.717, 1.165) is 0 Å². The summed E-state index contributed by atoms with van der Waals surface area (Å²) in [5.41, 5.74) is 0.658. The number of nitrogens with zero attached hydrogens (tertiary/aromatic N) is 1. The van der Waals surface area contributed by atoms with E-state index in [1.54, 1.807) is 24.3 Å². The summed E-state index contributed by atoms with van der Waals surface area (Å²) < 4.78 is 38.8. The molecule has 6 nitrogen and oxygen atoms in total. The lowest BCUT2D eigenvalue weighted by molar-refractivity contribution is -0.120. The molecule has 0 unspecified atom stereocenters. The fourth-order valence-corrected chi connectivity index (χ4v) is 5.00. The van der Waals surface area contributed by atoms with Crippen LogP contribution in [0.3, 0.4) is 0 Å². The van der Waals surface area contributed by atoms with E-state index >= 15 is 0 Å². The van der Waals surface area contributed by atoms with Crippen LogP contribution in [0.5, 0.6) is 0 Å². The number of hydrogen-bond acceptors (Lipinski definition) is 5. The molecule has 0 radical (unpaired) electrons. The van der Waals surface area contributed by atoms with Crippen molar-refractivity contribution in [2.45, 2.75) is 10.6 Å². The van der Waals surface area contributed by atoms with Gasteiger partial charge in [0, 0.05) is 18.1 Å². The summed E-state index contributed by atoms with van der Waals surface area (Å²) in [7, 11) is -3.99. The molecule has 0 atom stereocenters. The van der Waals surface area contributed by atoms with E-state index < -0.39 is 28.4 Å². The fraction of sp³-hybridized carbons (Fsp3) is 0.222. The van der Waals surface area contributed by atoms with Crippen LogP contribution in [0.2, 0.25) is 0 Å². The van der Waals surface area contributed by atoms with Crippen LogP contribution < -0.4 is 5.32 Å². The van der Waals surface area contributed by atoms with Gasteiger partial charge in [-0.05, 0) is 23.8 Å². The van der Waals surface area contributed by atoms with E-state index in [1.165, 1.54) is 36.0 Å². The zero-order valence-electron chi connectivity index (χ0n) is 14.2. The van der Waals surface area contributed by atoms with Gasteiger partial charge in [0.15, 0.2) is 0 Å². The molecule has 9 heteroatoms. The van der Waals surface area contributed by atoms with E-state index in [4.69, 9.17) is 0 Å². The normalized spacial score (nSPS) is 14.9. The van der Waals surface area contributed by atoms with Crippen molar-refractivity contribution in [3.63, 3.8) is 0 Å². The SMILES string of the molecule is O=C(CN1C(=O)c2ccccc2S1(=O)=O)NCCSCc1ccccc1F. The van der Waals surface area contributed by atoms with E-state index in [-0.39, 0.29) is 22.8 Å². The lowest BCUT2D eigenvalue weighted by Gasteiger charge is -2.14. The molecule has 0 saturated carbocycles. The van der Waals surface area contributed by atoms with Gasteiger partial charge in [0.05, 0.1) is 5.56 Å². The number of amides is 2. The van der Waals surface area contributed by atoms with Crippen LogP contribution in [0.4, 0.5) is 4.39 Å². The highest BCUT2D eigenvalue weighted by Gasteiger charge is 2.41. The molecule has 2 aromatic carbocycles. The van der Waals surface area contributed by atoms with Gasteiger partial charge in [-0.3, -0.25) is 9.59 Å². The van der Waals surface area contributed by atoms with Gasteiger partial charge in [-0.15, -0.1) is 0 Å². The van der Waals surface area contributed by atoms with Crippen LogP contribution in [0.15, 0.2) is 53.4 Å². The molecule has 1 N–H and O–H groups in total. The number of rotatable bonds is 7. The molecule has 0 fully saturated rings. The Morgan fingerprint density at radius 1 is 1.11 bits per heavy atom. The Kier molecular flexibility index (Phi) is 5.81. The lowest BCUT2D eigenvalue weighted by atomic mass is 10.2. The van der Waals surface area contributed by atoms with Crippen molar-refractivity contribution in [3.8, 4) is 0 Å². The summed E-state index contributed by atoms with van der Waals surface area (Å²) in [4.78, 5) is 24.2. The molecule has 0 spiro atoms. The third kappa shape index (κ3) is 4.14. The van der Waals surface area contributed by atoms with Crippen molar-refractivity contribution in [2.75, 3.05) is 18.8 Å². The second kappa shape index (κ2) is 8.10. The maximum atomic E-state index is 13.5. The Morgan fingerprint density at radius 2 is 1.81 bits per heavy atom. The molecular formula is C18H17FN2O4S2. The minimum Gasteiger partial charge on any atom is -0.354 e. The number of nitrogens with one attached hydrogen (secondary N) is 1. The molecule has 27 heavy (non-hydrogen) atoms. The van der Waals surface area contributed by atoms with Crippen molar-refractivity contribution in [1.29, 1.82) is 0 Å². The first kappa shape index (κ1) is 19.4. The van der Waals surface area contributed by atoms with Crippen molar-refractivity contribution >= 4 is 33.6 Å². The smallest absolute Gasteiger partial charge is 0.269 e. The van der Waals surface area contributed by atoms with Crippen LogP contribution in [0, 0.1) is 5.82 Å². The predicted molar refractivity (Wildman–Crippen MR) is 100 cm³/mol. The van der Waals surface area contributed by atoms with Gasteiger partial charge in [0.25, 0.3) is 15.9 Å². The number of thioether (sulfide) groups is 1. The molecule has 1 heterocycles. The lowest BCUT2D eigenvalue weighted by Crippen LogP contribution is -2.40. The number of benzene rings is 2. The number of carbonyl (C=O) groups is 2. The number of hydrogen-bond donors (Lipinski definition) is 1. The summed E-state index contributed by atoms with van der Waals surface area (Å²) in [6.45, 7) is -0.277. The first-order chi connectivity index (χ1) is 12.9. The first-order valence-electron chi connectivity index (χ1n) is 8.15. The molecule has 1 aliphatic rings. The Bertz CT molecular complexity index is 979. The topological polar surface area (TPSA) is 83.6 Å². The van der Waals surface area contributed by atoms with Gasteiger partial charge in [0.1, 0.15) is 17.3 Å². The highest BCUT2D eigenvalue weighted by Crippen LogP contribution is 2.29. The van der Waals surface area contributed by atoms with E-state index in [9.17, 15) is 22.4 Å². The highest BCUT2D eigenvalue weighted by molar-refractivity contribution is 7.98. The minimum absolute atomic E-state index is 0.0748. The third-order valence-electron chi connectivity index (χ3n) is 3.98.